The van der Waals surface area contributed by atoms with Crippen LogP contribution in [0.5, 0.6) is 0 Å². The summed E-state index contributed by atoms with van der Waals surface area (Å²) in [6.07, 6.45) is 9.12. The van der Waals surface area contributed by atoms with Gasteiger partial charge in [0.05, 0.1) is 5.44 Å². The lowest BCUT2D eigenvalue weighted by Gasteiger charge is -2.27. The first-order chi connectivity index (χ1) is 6.31. The average Bonchev–Trinajstić information content (AvgIpc) is 2.05. The quantitative estimate of drug-likeness (QED) is 0.362. The molecule has 2 nitrogen and oxygen atoms in total. The first-order valence-electron chi connectivity index (χ1n) is 3.99. The number of aromatic nitrogens is 1. The molecule has 1 aliphatic rings. The lowest BCUT2D eigenvalue weighted by atomic mass is 9.97. The second kappa shape index (κ2) is 3.50. The molecule has 0 saturated carbocycles. The summed E-state index contributed by atoms with van der Waals surface area (Å²) in [7, 11) is 5.44. The second-order valence-corrected chi connectivity index (χ2v) is 5.03. The summed E-state index contributed by atoms with van der Waals surface area (Å²) in [5.41, 5.74) is 2.55. The van der Waals surface area contributed by atoms with Crippen LogP contribution < -0.4 is 16.2 Å². The van der Waals surface area contributed by atoms with E-state index in [1.54, 1.807) is 6.20 Å². The normalized spacial score (nSPS) is 16.2. The highest BCUT2D eigenvalue weighted by molar-refractivity contribution is 7.66. The van der Waals surface area contributed by atoms with Crippen molar-refractivity contribution < 1.29 is 0 Å². The number of rotatable bonds is 1. The summed E-state index contributed by atoms with van der Waals surface area (Å²) in [4.78, 5) is 4.29. The molecule has 1 N–H and O–H groups in total. The maximum absolute atomic E-state index is 5.60. The van der Waals surface area contributed by atoms with Gasteiger partial charge in [0, 0.05) is 24.3 Å². The number of nitrogens with one attached hydrogen (secondary N) is 1. The Morgan fingerprint density at radius 2 is 2.38 bits per heavy atom. The smallest absolute Gasteiger partial charge is 0.116 e. The maximum atomic E-state index is 5.60. The summed E-state index contributed by atoms with van der Waals surface area (Å²) < 4.78 is 0. The molecule has 0 unspecified atom stereocenters. The van der Waals surface area contributed by atoms with Crippen LogP contribution in [0.2, 0.25) is 0 Å². The minimum Gasteiger partial charge on any atom is -0.308 e. The van der Waals surface area contributed by atoms with Crippen molar-refractivity contribution in [3.8, 4) is 12.3 Å². The van der Waals surface area contributed by atoms with Gasteiger partial charge in [-0.2, -0.15) is 0 Å². The molecule has 1 aromatic heterocycles. The van der Waals surface area contributed by atoms with Crippen LogP contribution in [0.1, 0.15) is 5.56 Å². The van der Waals surface area contributed by atoms with E-state index in [-0.39, 0.29) is 7.92 Å². The predicted octanol–water partition coefficient (Wildman–Crippen LogP) is -0.518. The van der Waals surface area contributed by atoms with Crippen molar-refractivity contribution in [3.63, 3.8) is 0 Å². The fourth-order valence-electron chi connectivity index (χ4n) is 1.21. The maximum Gasteiger partial charge on any atom is 0.116 e. The van der Waals surface area contributed by atoms with Crippen LogP contribution in [0, 0.1) is 12.3 Å². The van der Waals surface area contributed by atoms with Crippen LogP contribution in [-0.4, -0.2) is 25.4 Å². The topological polar surface area (TPSA) is 24.9 Å². The first kappa shape index (κ1) is 8.75. The molecule has 0 bridgehead atoms. The van der Waals surface area contributed by atoms with Gasteiger partial charge < -0.3 is 5.32 Å². The molecule has 1 fully saturated rings. The van der Waals surface area contributed by atoms with E-state index >= 15 is 0 Å². The number of terminal acetylenes is 1. The van der Waals surface area contributed by atoms with Crippen molar-refractivity contribution in [2.45, 2.75) is 0 Å². The Kier molecular flexibility index (Phi) is 2.35. The molecule has 0 spiro atoms. The van der Waals surface area contributed by atoms with E-state index in [0.717, 1.165) is 23.6 Å². The molecule has 0 atom stereocenters. The molecule has 0 aliphatic carbocycles. The third-order valence-corrected chi connectivity index (χ3v) is 4.11. The number of nitrogens with zero attached hydrogens (tertiary/aromatic N) is 1. The van der Waals surface area contributed by atoms with Gasteiger partial charge in [0.25, 0.3) is 0 Å². The van der Waals surface area contributed by atoms with Crippen LogP contribution >= 0.6 is 7.92 Å². The Balaban J connectivity index is 2.39. The number of pyridine rings is 1. The number of hydrogen-bond acceptors (Lipinski definition) is 2. The van der Waals surface area contributed by atoms with Gasteiger partial charge in [-0.1, -0.05) is 11.4 Å². The average molecular weight is 186 g/mol. The van der Waals surface area contributed by atoms with Gasteiger partial charge >= 0.3 is 0 Å². The van der Waals surface area contributed by atoms with Crippen molar-refractivity contribution in [1.29, 1.82) is 0 Å². The summed E-state index contributed by atoms with van der Waals surface area (Å²) in [6.45, 7) is 0. The third-order valence-electron chi connectivity index (χ3n) is 1.95. The lowest BCUT2D eigenvalue weighted by Crippen LogP contribution is -2.35. The summed E-state index contributed by atoms with van der Waals surface area (Å²) >= 11 is 0. The minimum absolute atomic E-state index is 0.152. The Hall–Kier alpha value is -0.835. The highest BCUT2D eigenvalue weighted by Gasteiger charge is 2.21. The van der Waals surface area contributed by atoms with E-state index in [0.29, 0.717) is 5.46 Å². The van der Waals surface area contributed by atoms with Gasteiger partial charge in [-0.05, 0) is 14.0 Å². The fourth-order valence-corrected chi connectivity index (χ4v) is 2.64. The SMILES string of the molecule is [B]c1cnc(P2CNC2)c(C#C)c1. The summed E-state index contributed by atoms with van der Waals surface area (Å²) in [5.74, 6) is 2.63. The van der Waals surface area contributed by atoms with E-state index < -0.39 is 0 Å². The van der Waals surface area contributed by atoms with Crippen molar-refractivity contribution in [2.24, 2.45) is 0 Å². The molecule has 2 rings (SSSR count). The fraction of sp³-hybridized carbons (Fsp3) is 0.222. The monoisotopic (exact) mass is 186 g/mol. The molecule has 1 aromatic rings. The number of hydrogen-bond donors (Lipinski definition) is 1. The molecule has 2 heterocycles. The standard InChI is InChI=1S/C9H8BN2P/c1-2-7-3-8(10)4-12-9(7)13-5-11-6-13/h1,3-4,11H,5-6H2. The Morgan fingerprint density at radius 1 is 1.62 bits per heavy atom. The van der Waals surface area contributed by atoms with Crippen LogP contribution in [0.25, 0.3) is 0 Å². The van der Waals surface area contributed by atoms with Gasteiger partial charge in [-0.15, -0.1) is 6.42 Å². The van der Waals surface area contributed by atoms with Crippen LogP contribution in [0.3, 0.4) is 0 Å². The van der Waals surface area contributed by atoms with Crippen molar-refractivity contribution >= 4 is 26.7 Å². The highest BCUT2D eigenvalue weighted by Crippen LogP contribution is 2.37. The molecule has 13 heavy (non-hydrogen) atoms. The summed E-state index contributed by atoms with van der Waals surface area (Å²) in [5, 5.41) is 3.21. The molecule has 1 saturated heterocycles. The van der Waals surface area contributed by atoms with E-state index in [1.807, 2.05) is 6.07 Å². The molecule has 0 aromatic carbocycles. The van der Waals surface area contributed by atoms with Gasteiger partial charge in [0.1, 0.15) is 7.85 Å². The van der Waals surface area contributed by atoms with Crippen molar-refractivity contribution in [2.75, 3.05) is 12.6 Å². The zero-order valence-corrected chi connectivity index (χ0v) is 8.01. The van der Waals surface area contributed by atoms with Gasteiger partial charge in [-0.3, -0.25) is 4.98 Å². The highest BCUT2D eigenvalue weighted by atomic mass is 31.1. The molecule has 4 heteroatoms. The van der Waals surface area contributed by atoms with Crippen LogP contribution in [0.15, 0.2) is 12.3 Å². The zero-order valence-electron chi connectivity index (χ0n) is 7.12. The summed E-state index contributed by atoms with van der Waals surface area (Å²) in [6, 6.07) is 1.82. The van der Waals surface area contributed by atoms with E-state index in [2.05, 4.69) is 16.2 Å². The Morgan fingerprint density at radius 3 is 2.92 bits per heavy atom. The van der Waals surface area contributed by atoms with E-state index in [4.69, 9.17) is 14.3 Å². The Labute approximate surface area is 80.3 Å². The van der Waals surface area contributed by atoms with Crippen LogP contribution in [-0.2, 0) is 0 Å². The molecule has 1 aliphatic heterocycles. The van der Waals surface area contributed by atoms with Gasteiger partial charge in [0.2, 0.25) is 0 Å². The molecular weight excluding hydrogens is 178 g/mol. The zero-order chi connectivity index (χ0) is 9.26. The van der Waals surface area contributed by atoms with Crippen LogP contribution in [0.4, 0.5) is 0 Å². The molecule has 62 valence electrons. The van der Waals surface area contributed by atoms with E-state index in [9.17, 15) is 0 Å². The molecule has 2 radical (unpaired) electrons. The van der Waals surface area contributed by atoms with Crippen molar-refractivity contribution in [3.05, 3.63) is 17.8 Å². The molecule has 0 amide bonds. The van der Waals surface area contributed by atoms with Gasteiger partial charge in [0.15, 0.2) is 0 Å². The molecular formula is C9H8BN2P. The lowest BCUT2D eigenvalue weighted by molar-refractivity contribution is 0.866. The van der Waals surface area contributed by atoms with Gasteiger partial charge in [-0.25, -0.2) is 0 Å². The van der Waals surface area contributed by atoms with Crippen molar-refractivity contribution in [1.82, 2.24) is 10.3 Å². The van der Waals surface area contributed by atoms with E-state index in [1.165, 1.54) is 0 Å². The Bertz CT molecular complexity index is 368. The first-order valence-corrected chi connectivity index (χ1v) is 5.70. The minimum atomic E-state index is -0.152. The third kappa shape index (κ3) is 1.61. The second-order valence-electron chi connectivity index (χ2n) is 2.89. The predicted molar refractivity (Wildman–Crippen MR) is 57.0 cm³/mol. The largest absolute Gasteiger partial charge is 0.308 e.